The van der Waals surface area contributed by atoms with Gasteiger partial charge in [-0.2, -0.15) is 5.10 Å². The molecule has 1 spiro atoms. The fourth-order valence-electron chi connectivity index (χ4n) is 4.28. The zero-order valence-electron chi connectivity index (χ0n) is 17.5. The third-order valence-corrected chi connectivity index (χ3v) is 6.11. The minimum atomic E-state index is -0.842. The number of imide groups is 1. The molecule has 1 aliphatic heterocycles. The second-order valence-corrected chi connectivity index (χ2v) is 8.62. The van der Waals surface area contributed by atoms with Crippen molar-refractivity contribution in [3.05, 3.63) is 35.5 Å². The van der Waals surface area contributed by atoms with Gasteiger partial charge in [-0.1, -0.05) is 18.6 Å². The highest BCUT2D eigenvalue weighted by Crippen LogP contribution is 2.36. The molecule has 30 heavy (non-hydrogen) atoms. The fraction of sp³-hybridized carbons (Fsp3) is 0.455. The highest BCUT2D eigenvalue weighted by Gasteiger charge is 2.52. The van der Waals surface area contributed by atoms with Gasteiger partial charge in [0, 0.05) is 11.3 Å². The molecule has 4 amide bonds. The lowest BCUT2D eigenvalue weighted by atomic mass is 9.77. The molecule has 158 valence electrons. The summed E-state index contributed by atoms with van der Waals surface area (Å²) in [7, 11) is 0. The molecule has 2 aliphatic rings. The van der Waals surface area contributed by atoms with Crippen LogP contribution >= 0.6 is 0 Å². The number of rotatable bonds is 4. The first-order valence-electron chi connectivity index (χ1n) is 10.3. The zero-order valence-corrected chi connectivity index (χ0v) is 17.5. The maximum atomic E-state index is 13.0. The summed E-state index contributed by atoms with van der Waals surface area (Å²) in [5.74, 6) is -0.165. The van der Waals surface area contributed by atoms with Crippen molar-refractivity contribution < 1.29 is 14.4 Å². The van der Waals surface area contributed by atoms with Crippen LogP contribution in [0, 0.1) is 19.8 Å². The average molecular weight is 409 g/mol. The van der Waals surface area contributed by atoms with E-state index in [1.165, 1.54) is 0 Å². The van der Waals surface area contributed by atoms with Crippen molar-refractivity contribution >= 4 is 23.5 Å². The number of benzene rings is 1. The monoisotopic (exact) mass is 409 g/mol. The van der Waals surface area contributed by atoms with Gasteiger partial charge in [-0.05, 0) is 63.6 Å². The first-order valence-corrected chi connectivity index (χ1v) is 10.3. The van der Waals surface area contributed by atoms with Crippen LogP contribution in [0.1, 0.15) is 43.9 Å². The Bertz CT molecular complexity index is 1000. The van der Waals surface area contributed by atoms with Crippen molar-refractivity contribution in [2.75, 3.05) is 11.9 Å². The molecule has 1 aromatic heterocycles. The number of aromatic amines is 1. The molecule has 2 fully saturated rings. The number of amides is 4. The standard InChI is InChI=1S/C22H27N5O3/c1-13-6-8-22(9-7-13)20(29)27(21(30)24-22)12-19(28)23-17-5-4-14(2)10-16(17)18-11-15(3)25-26-18/h4-5,10-11,13H,6-9,12H2,1-3H3,(H,23,28)(H,24,30)(H,25,26). The smallest absolute Gasteiger partial charge is 0.324 e. The van der Waals surface area contributed by atoms with Crippen molar-refractivity contribution in [1.29, 1.82) is 0 Å². The first kappa shape index (κ1) is 20.1. The SMILES string of the molecule is Cc1ccc(NC(=O)CN2C(=O)NC3(CCC(C)CC3)C2=O)c(-c2cc(C)[nH]n2)c1. The summed E-state index contributed by atoms with van der Waals surface area (Å²) in [6.07, 6.45) is 3.03. The summed E-state index contributed by atoms with van der Waals surface area (Å²) in [5, 5.41) is 12.9. The van der Waals surface area contributed by atoms with Gasteiger partial charge in [-0.25, -0.2) is 4.79 Å². The number of H-pyrrole nitrogens is 1. The lowest BCUT2D eigenvalue weighted by Gasteiger charge is -2.33. The molecule has 0 radical (unpaired) electrons. The van der Waals surface area contributed by atoms with E-state index < -0.39 is 17.5 Å². The number of anilines is 1. The number of urea groups is 1. The molecule has 1 aliphatic carbocycles. The molecule has 0 atom stereocenters. The Balaban J connectivity index is 1.49. The summed E-state index contributed by atoms with van der Waals surface area (Å²) < 4.78 is 0. The topological polar surface area (TPSA) is 107 Å². The predicted molar refractivity (Wildman–Crippen MR) is 113 cm³/mol. The Morgan fingerprint density at radius 1 is 1.23 bits per heavy atom. The van der Waals surface area contributed by atoms with Crippen molar-refractivity contribution in [3.63, 3.8) is 0 Å². The van der Waals surface area contributed by atoms with Crippen LogP contribution in [0.25, 0.3) is 11.3 Å². The van der Waals surface area contributed by atoms with Crippen LogP contribution in [0.5, 0.6) is 0 Å². The van der Waals surface area contributed by atoms with E-state index in [9.17, 15) is 14.4 Å². The second-order valence-electron chi connectivity index (χ2n) is 8.62. The molecule has 0 unspecified atom stereocenters. The van der Waals surface area contributed by atoms with Crippen LogP contribution in [0.2, 0.25) is 0 Å². The van der Waals surface area contributed by atoms with Gasteiger partial charge in [-0.3, -0.25) is 19.6 Å². The number of carbonyl (C=O) groups excluding carboxylic acids is 3. The van der Waals surface area contributed by atoms with E-state index in [1.54, 1.807) is 0 Å². The summed E-state index contributed by atoms with van der Waals surface area (Å²) >= 11 is 0. The molecule has 2 aromatic rings. The van der Waals surface area contributed by atoms with Crippen LogP contribution in [-0.2, 0) is 9.59 Å². The number of aromatic nitrogens is 2. The highest BCUT2D eigenvalue weighted by atomic mass is 16.2. The number of hydrogen-bond acceptors (Lipinski definition) is 4. The van der Waals surface area contributed by atoms with Crippen LogP contribution in [0.15, 0.2) is 24.3 Å². The maximum Gasteiger partial charge on any atom is 0.325 e. The van der Waals surface area contributed by atoms with Crippen molar-refractivity contribution in [1.82, 2.24) is 20.4 Å². The molecule has 2 heterocycles. The Hall–Kier alpha value is -3.16. The lowest BCUT2D eigenvalue weighted by molar-refractivity contribution is -0.135. The average Bonchev–Trinajstić information content (AvgIpc) is 3.23. The number of hydrogen-bond donors (Lipinski definition) is 3. The van der Waals surface area contributed by atoms with E-state index in [0.29, 0.717) is 24.4 Å². The molecule has 8 heteroatoms. The third-order valence-electron chi connectivity index (χ3n) is 6.11. The fourth-order valence-corrected chi connectivity index (χ4v) is 4.28. The lowest BCUT2D eigenvalue weighted by Crippen LogP contribution is -2.49. The Kier molecular flexibility index (Phi) is 5.09. The van der Waals surface area contributed by atoms with Crippen LogP contribution in [-0.4, -0.2) is 45.0 Å². The largest absolute Gasteiger partial charge is 0.325 e. The van der Waals surface area contributed by atoms with Gasteiger partial charge in [0.25, 0.3) is 5.91 Å². The van der Waals surface area contributed by atoms with Crippen molar-refractivity contribution in [2.24, 2.45) is 5.92 Å². The highest BCUT2D eigenvalue weighted by molar-refractivity contribution is 6.10. The quantitative estimate of drug-likeness (QED) is 0.674. The minimum Gasteiger partial charge on any atom is -0.324 e. The summed E-state index contributed by atoms with van der Waals surface area (Å²) in [5.41, 5.74) is 3.19. The van der Waals surface area contributed by atoms with Gasteiger partial charge in [-0.15, -0.1) is 0 Å². The number of nitrogens with zero attached hydrogens (tertiary/aromatic N) is 2. The number of carbonyl (C=O) groups is 3. The molecule has 1 aromatic carbocycles. The minimum absolute atomic E-state index is 0.290. The Morgan fingerprint density at radius 2 is 1.97 bits per heavy atom. The summed E-state index contributed by atoms with van der Waals surface area (Å²) in [6, 6.07) is 7.05. The molecule has 8 nitrogen and oxygen atoms in total. The first-order chi connectivity index (χ1) is 14.3. The van der Waals surface area contributed by atoms with Gasteiger partial charge in [0.05, 0.1) is 11.4 Å². The normalized spacial score (nSPS) is 23.7. The molecule has 4 rings (SSSR count). The summed E-state index contributed by atoms with van der Waals surface area (Å²) in [4.78, 5) is 39.2. The van der Waals surface area contributed by atoms with E-state index >= 15 is 0 Å². The van der Waals surface area contributed by atoms with Crippen molar-refractivity contribution in [3.8, 4) is 11.3 Å². The van der Waals surface area contributed by atoms with Crippen LogP contribution in [0.4, 0.5) is 10.5 Å². The Morgan fingerprint density at radius 3 is 2.63 bits per heavy atom. The van der Waals surface area contributed by atoms with Crippen LogP contribution < -0.4 is 10.6 Å². The molecule has 3 N–H and O–H groups in total. The van der Waals surface area contributed by atoms with E-state index in [0.717, 1.165) is 40.3 Å². The Labute approximate surface area is 175 Å². The van der Waals surface area contributed by atoms with Gasteiger partial charge < -0.3 is 10.6 Å². The zero-order chi connectivity index (χ0) is 21.5. The van der Waals surface area contributed by atoms with Gasteiger partial charge in [0.15, 0.2) is 0 Å². The van der Waals surface area contributed by atoms with E-state index in [1.807, 2.05) is 38.1 Å². The second kappa shape index (κ2) is 7.59. The number of nitrogens with one attached hydrogen (secondary N) is 3. The molecule has 1 saturated heterocycles. The predicted octanol–water partition coefficient (Wildman–Crippen LogP) is 3.13. The maximum absolute atomic E-state index is 13.0. The molecule has 1 saturated carbocycles. The van der Waals surface area contributed by atoms with Crippen molar-refractivity contribution in [2.45, 2.75) is 52.0 Å². The number of aryl methyl sites for hydroxylation is 2. The third kappa shape index (κ3) is 3.69. The van der Waals surface area contributed by atoms with E-state index in [4.69, 9.17) is 0 Å². The van der Waals surface area contributed by atoms with Gasteiger partial charge in [0.2, 0.25) is 5.91 Å². The van der Waals surface area contributed by atoms with Gasteiger partial charge >= 0.3 is 6.03 Å². The summed E-state index contributed by atoms with van der Waals surface area (Å²) in [6.45, 7) is 5.71. The van der Waals surface area contributed by atoms with Gasteiger partial charge in [0.1, 0.15) is 12.1 Å². The van der Waals surface area contributed by atoms with Crippen LogP contribution in [0.3, 0.4) is 0 Å². The molecule has 0 bridgehead atoms. The van der Waals surface area contributed by atoms with E-state index in [-0.39, 0.29) is 12.5 Å². The molecular formula is C22H27N5O3. The molecular weight excluding hydrogens is 382 g/mol. The van der Waals surface area contributed by atoms with E-state index in [2.05, 4.69) is 27.8 Å².